The van der Waals surface area contributed by atoms with E-state index >= 15 is 0 Å². The third kappa shape index (κ3) is 1.53. The number of hydrogen-bond donors (Lipinski definition) is 2. The normalized spacial score (nSPS) is 27.0. The van der Waals surface area contributed by atoms with Gasteiger partial charge in [0.25, 0.3) is 0 Å². The Morgan fingerprint density at radius 2 is 2.06 bits per heavy atom. The van der Waals surface area contributed by atoms with E-state index in [1.807, 2.05) is 0 Å². The molecule has 1 saturated heterocycles. The summed E-state index contributed by atoms with van der Waals surface area (Å²) >= 11 is 3.48. The number of nitrogens with one attached hydrogen (secondary N) is 1. The number of aliphatic hydroxyl groups excluding tert-OH is 1. The van der Waals surface area contributed by atoms with Crippen LogP contribution in [0.15, 0.2) is 22.7 Å². The summed E-state index contributed by atoms with van der Waals surface area (Å²) in [6.45, 7) is 2.14. The lowest BCUT2D eigenvalue weighted by atomic mass is 9.74. The van der Waals surface area contributed by atoms with E-state index < -0.39 is 0 Å². The van der Waals surface area contributed by atoms with Gasteiger partial charge in [-0.1, -0.05) is 22.0 Å². The molecule has 1 spiro atoms. The molecule has 1 atom stereocenters. The Balaban J connectivity index is 2.07. The highest BCUT2D eigenvalue weighted by Gasteiger charge is 2.43. The van der Waals surface area contributed by atoms with Gasteiger partial charge in [-0.2, -0.15) is 0 Å². The summed E-state index contributed by atoms with van der Waals surface area (Å²) in [7, 11) is 0. The molecule has 1 fully saturated rings. The molecular weight excluding hydrogens is 266 g/mol. The van der Waals surface area contributed by atoms with Gasteiger partial charge in [0.1, 0.15) is 0 Å². The van der Waals surface area contributed by atoms with E-state index in [4.69, 9.17) is 0 Å². The zero-order valence-corrected chi connectivity index (χ0v) is 10.8. The second-order valence-electron chi connectivity index (χ2n) is 4.98. The fourth-order valence-corrected chi connectivity index (χ4v) is 3.64. The van der Waals surface area contributed by atoms with Crippen LogP contribution in [0.5, 0.6) is 0 Å². The predicted molar refractivity (Wildman–Crippen MR) is 67.5 cm³/mol. The summed E-state index contributed by atoms with van der Waals surface area (Å²) < 4.78 is 1.07. The van der Waals surface area contributed by atoms with E-state index in [-0.39, 0.29) is 11.5 Å². The SMILES string of the molecule is O[C@H]1CC2(CCNCC2)c2ccc(Br)cc21. The van der Waals surface area contributed by atoms with Crippen molar-refractivity contribution in [1.29, 1.82) is 0 Å². The Morgan fingerprint density at radius 1 is 1.31 bits per heavy atom. The molecule has 1 aliphatic heterocycles. The molecule has 1 aromatic carbocycles. The number of aliphatic hydroxyl groups is 1. The molecule has 2 N–H and O–H groups in total. The van der Waals surface area contributed by atoms with Gasteiger partial charge in [0.2, 0.25) is 0 Å². The van der Waals surface area contributed by atoms with Crippen molar-refractivity contribution in [2.24, 2.45) is 0 Å². The van der Waals surface area contributed by atoms with Crippen molar-refractivity contribution < 1.29 is 5.11 Å². The van der Waals surface area contributed by atoms with Crippen LogP contribution in [-0.4, -0.2) is 18.2 Å². The number of hydrogen-bond acceptors (Lipinski definition) is 2. The molecule has 0 amide bonds. The van der Waals surface area contributed by atoms with Gasteiger partial charge in [-0.05, 0) is 55.6 Å². The van der Waals surface area contributed by atoms with Gasteiger partial charge >= 0.3 is 0 Å². The van der Waals surface area contributed by atoms with E-state index in [2.05, 4.69) is 39.4 Å². The van der Waals surface area contributed by atoms with E-state index in [9.17, 15) is 5.11 Å². The Morgan fingerprint density at radius 3 is 2.81 bits per heavy atom. The molecular formula is C13H16BrNO. The van der Waals surface area contributed by atoms with Crippen LogP contribution < -0.4 is 5.32 Å². The van der Waals surface area contributed by atoms with Crippen LogP contribution in [0, 0.1) is 0 Å². The molecule has 1 heterocycles. The quantitative estimate of drug-likeness (QED) is 0.766. The standard InChI is InChI=1S/C13H16BrNO/c14-9-1-2-11-10(7-9)12(16)8-13(11)3-5-15-6-4-13/h1-2,7,12,15-16H,3-6,8H2/t12-/m0/s1. The summed E-state index contributed by atoms with van der Waals surface area (Å²) in [6.07, 6.45) is 2.93. The van der Waals surface area contributed by atoms with Gasteiger partial charge in [-0.15, -0.1) is 0 Å². The van der Waals surface area contributed by atoms with Crippen LogP contribution in [-0.2, 0) is 5.41 Å². The second-order valence-corrected chi connectivity index (χ2v) is 5.90. The first-order chi connectivity index (χ1) is 7.71. The minimum Gasteiger partial charge on any atom is -0.388 e. The Bertz CT molecular complexity index is 412. The minimum absolute atomic E-state index is 0.237. The number of piperidine rings is 1. The van der Waals surface area contributed by atoms with Crippen molar-refractivity contribution in [3.8, 4) is 0 Å². The first-order valence-electron chi connectivity index (χ1n) is 5.90. The van der Waals surface area contributed by atoms with Gasteiger partial charge in [0.15, 0.2) is 0 Å². The van der Waals surface area contributed by atoms with Crippen molar-refractivity contribution in [1.82, 2.24) is 5.32 Å². The van der Waals surface area contributed by atoms with Gasteiger partial charge in [0, 0.05) is 9.89 Å². The minimum atomic E-state index is -0.273. The third-order valence-corrected chi connectivity index (χ3v) is 4.58. The van der Waals surface area contributed by atoms with Crippen LogP contribution in [0.3, 0.4) is 0 Å². The first kappa shape index (κ1) is 10.8. The smallest absolute Gasteiger partial charge is 0.0801 e. The average Bonchev–Trinajstić information content (AvgIpc) is 2.53. The van der Waals surface area contributed by atoms with Crippen molar-refractivity contribution in [2.75, 3.05) is 13.1 Å². The highest BCUT2D eigenvalue weighted by atomic mass is 79.9. The fourth-order valence-electron chi connectivity index (χ4n) is 3.26. The van der Waals surface area contributed by atoms with Gasteiger partial charge in [0.05, 0.1) is 6.10 Å². The maximum Gasteiger partial charge on any atom is 0.0801 e. The maximum atomic E-state index is 10.2. The molecule has 16 heavy (non-hydrogen) atoms. The van der Waals surface area contributed by atoms with E-state index in [0.717, 1.165) is 42.4 Å². The predicted octanol–water partition coefficient (Wildman–Crippen LogP) is 2.51. The molecule has 0 aromatic heterocycles. The summed E-state index contributed by atoms with van der Waals surface area (Å²) in [5.74, 6) is 0. The Hall–Kier alpha value is -0.380. The molecule has 3 rings (SSSR count). The van der Waals surface area contributed by atoms with E-state index in [0.29, 0.717) is 0 Å². The Kier molecular flexibility index (Phi) is 2.57. The lowest BCUT2D eigenvalue weighted by molar-refractivity contribution is 0.142. The highest BCUT2D eigenvalue weighted by Crippen LogP contribution is 2.50. The van der Waals surface area contributed by atoms with Crippen LogP contribution in [0.1, 0.15) is 36.5 Å². The van der Waals surface area contributed by atoms with E-state index in [1.165, 1.54) is 5.56 Å². The molecule has 3 heteroatoms. The topological polar surface area (TPSA) is 32.3 Å². The van der Waals surface area contributed by atoms with Crippen LogP contribution >= 0.6 is 15.9 Å². The van der Waals surface area contributed by atoms with Crippen molar-refractivity contribution in [2.45, 2.75) is 30.8 Å². The van der Waals surface area contributed by atoms with Gasteiger partial charge < -0.3 is 10.4 Å². The Labute approximate surface area is 104 Å². The highest BCUT2D eigenvalue weighted by molar-refractivity contribution is 9.10. The lowest BCUT2D eigenvalue weighted by Gasteiger charge is -2.35. The zero-order valence-electron chi connectivity index (χ0n) is 9.17. The molecule has 1 aliphatic carbocycles. The monoisotopic (exact) mass is 281 g/mol. The summed E-state index contributed by atoms with van der Waals surface area (Å²) in [4.78, 5) is 0. The molecule has 86 valence electrons. The van der Waals surface area contributed by atoms with Crippen LogP contribution in [0.2, 0.25) is 0 Å². The lowest BCUT2D eigenvalue weighted by Crippen LogP contribution is -2.38. The molecule has 0 saturated carbocycles. The second kappa shape index (κ2) is 3.83. The average molecular weight is 282 g/mol. The summed E-state index contributed by atoms with van der Waals surface area (Å²) in [6, 6.07) is 6.37. The molecule has 0 unspecified atom stereocenters. The largest absolute Gasteiger partial charge is 0.388 e. The van der Waals surface area contributed by atoms with Gasteiger partial charge in [-0.25, -0.2) is 0 Å². The molecule has 1 aromatic rings. The number of rotatable bonds is 0. The summed E-state index contributed by atoms with van der Waals surface area (Å²) in [5.41, 5.74) is 2.75. The third-order valence-electron chi connectivity index (χ3n) is 4.09. The summed E-state index contributed by atoms with van der Waals surface area (Å²) in [5, 5.41) is 13.6. The molecule has 2 aliphatic rings. The van der Waals surface area contributed by atoms with Crippen molar-refractivity contribution in [3.63, 3.8) is 0 Å². The maximum absolute atomic E-state index is 10.2. The van der Waals surface area contributed by atoms with Crippen LogP contribution in [0.25, 0.3) is 0 Å². The van der Waals surface area contributed by atoms with E-state index in [1.54, 1.807) is 0 Å². The zero-order chi connectivity index (χ0) is 11.2. The number of halogens is 1. The molecule has 0 bridgehead atoms. The fraction of sp³-hybridized carbons (Fsp3) is 0.538. The number of fused-ring (bicyclic) bond motifs is 2. The number of benzene rings is 1. The van der Waals surface area contributed by atoms with Crippen molar-refractivity contribution >= 4 is 15.9 Å². The van der Waals surface area contributed by atoms with Crippen LogP contribution in [0.4, 0.5) is 0 Å². The van der Waals surface area contributed by atoms with Gasteiger partial charge in [-0.3, -0.25) is 0 Å². The first-order valence-corrected chi connectivity index (χ1v) is 6.69. The van der Waals surface area contributed by atoms with Crippen molar-refractivity contribution in [3.05, 3.63) is 33.8 Å². The molecule has 2 nitrogen and oxygen atoms in total. The molecule has 0 radical (unpaired) electrons.